The fourth-order valence-corrected chi connectivity index (χ4v) is 0.388. The Kier molecular flexibility index (Phi) is 2.40. The van der Waals surface area contributed by atoms with Gasteiger partial charge in [-0.15, -0.1) is 0 Å². The van der Waals surface area contributed by atoms with Gasteiger partial charge in [-0.3, -0.25) is 0 Å². The van der Waals surface area contributed by atoms with Gasteiger partial charge in [-0.1, -0.05) is 0 Å². The number of aromatic nitrogens is 2. The lowest BCUT2D eigenvalue weighted by Gasteiger charge is -1.89. The maximum Gasteiger partial charge on any atom is 0.128 e. The van der Waals surface area contributed by atoms with E-state index in [1.807, 2.05) is 0 Å². The summed E-state index contributed by atoms with van der Waals surface area (Å²) >= 11 is 0. The summed E-state index contributed by atoms with van der Waals surface area (Å²) in [5, 5.41) is 0. The van der Waals surface area contributed by atoms with Crippen molar-refractivity contribution in [3.8, 4) is 0 Å². The standard InChI is InChI=1S/C4H6N4.N/c5-3-1-4(6)8-2-7-3;/h1-2H,(H4,5,6,7,8);. The molecule has 1 heterocycles. The Morgan fingerprint density at radius 1 is 1.11 bits per heavy atom. The minimum absolute atomic E-state index is 0. The molecular formula is C4H6N5. The highest BCUT2D eigenvalue weighted by atomic mass is 14.9. The highest BCUT2D eigenvalue weighted by Gasteiger charge is 1.84. The Labute approximate surface area is 52.7 Å². The number of nitrogens with two attached hydrogens (primary N) is 2. The third-order valence-electron chi connectivity index (χ3n) is 0.709. The number of rotatable bonds is 0. The topological polar surface area (TPSA) is 108 Å². The van der Waals surface area contributed by atoms with Crippen molar-refractivity contribution in [2.24, 2.45) is 0 Å². The number of hydrogen-bond donors (Lipinski definition) is 2. The summed E-state index contributed by atoms with van der Waals surface area (Å²) in [5.41, 5.74) is 10.5. The number of hydrogen-bond acceptors (Lipinski definition) is 4. The van der Waals surface area contributed by atoms with E-state index in [9.17, 15) is 0 Å². The minimum Gasteiger partial charge on any atom is -0.384 e. The van der Waals surface area contributed by atoms with E-state index < -0.39 is 0 Å². The molecule has 0 amide bonds. The molecule has 0 spiro atoms. The lowest BCUT2D eigenvalue weighted by atomic mass is 10.5. The molecule has 5 nitrogen and oxygen atoms in total. The minimum atomic E-state index is 0. The molecule has 0 saturated heterocycles. The molecule has 1 rings (SSSR count). The van der Waals surface area contributed by atoms with Crippen LogP contribution in [0.5, 0.6) is 0 Å². The highest BCUT2D eigenvalue weighted by molar-refractivity contribution is 5.38. The van der Waals surface area contributed by atoms with Gasteiger partial charge >= 0.3 is 0 Å². The maximum absolute atomic E-state index is 5.23. The third kappa shape index (κ3) is 1.92. The molecule has 1 aromatic rings. The van der Waals surface area contributed by atoms with Crippen molar-refractivity contribution < 1.29 is 0 Å². The molecular weight excluding hydrogens is 118 g/mol. The molecule has 0 saturated carbocycles. The molecule has 1 aromatic heterocycles. The summed E-state index contributed by atoms with van der Waals surface area (Å²) in [7, 11) is 0. The second-order valence-corrected chi connectivity index (χ2v) is 1.37. The van der Waals surface area contributed by atoms with Crippen LogP contribution in [-0.2, 0) is 0 Å². The maximum atomic E-state index is 5.23. The van der Waals surface area contributed by atoms with Crippen molar-refractivity contribution in [1.29, 1.82) is 0 Å². The van der Waals surface area contributed by atoms with Crippen LogP contribution in [0.3, 0.4) is 0 Å². The van der Waals surface area contributed by atoms with Gasteiger partial charge in [0, 0.05) is 12.2 Å². The Bertz CT molecular complexity index is 169. The van der Waals surface area contributed by atoms with Crippen LogP contribution >= 0.6 is 0 Å². The molecule has 5 heteroatoms. The smallest absolute Gasteiger partial charge is 0.128 e. The Morgan fingerprint density at radius 3 is 1.78 bits per heavy atom. The highest BCUT2D eigenvalue weighted by Crippen LogP contribution is 1.97. The van der Waals surface area contributed by atoms with E-state index in [0.29, 0.717) is 11.6 Å². The van der Waals surface area contributed by atoms with Gasteiger partial charge in [0.25, 0.3) is 0 Å². The van der Waals surface area contributed by atoms with Crippen LogP contribution in [0.1, 0.15) is 0 Å². The van der Waals surface area contributed by atoms with Crippen molar-refractivity contribution >= 4 is 11.6 Å². The van der Waals surface area contributed by atoms with Gasteiger partial charge in [0.15, 0.2) is 0 Å². The molecule has 0 aromatic carbocycles. The number of anilines is 2. The fourth-order valence-electron chi connectivity index (χ4n) is 0.388. The van der Waals surface area contributed by atoms with Gasteiger partial charge in [-0.05, 0) is 0 Å². The zero-order chi connectivity index (χ0) is 5.98. The third-order valence-corrected chi connectivity index (χ3v) is 0.709. The molecule has 0 aliphatic carbocycles. The first-order chi connectivity index (χ1) is 3.79. The molecule has 0 aliphatic rings. The van der Waals surface area contributed by atoms with Crippen molar-refractivity contribution in [3.05, 3.63) is 12.4 Å². The largest absolute Gasteiger partial charge is 0.384 e. The van der Waals surface area contributed by atoms with Gasteiger partial charge in [0.1, 0.15) is 18.0 Å². The van der Waals surface area contributed by atoms with E-state index in [0.717, 1.165) is 0 Å². The zero-order valence-electron chi connectivity index (χ0n) is 4.65. The van der Waals surface area contributed by atoms with Crippen LogP contribution in [0.15, 0.2) is 12.4 Å². The lowest BCUT2D eigenvalue weighted by molar-refractivity contribution is 1.19. The van der Waals surface area contributed by atoms with E-state index in [1.165, 1.54) is 12.4 Å². The predicted molar refractivity (Wildman–Crippen MR) is 33.0 cm³/mol. The number of nitrogens with zero attached hydrogens (tertiary/aromatic N) is 3. The van der Waals surface area contributed by atoms with E-state index in [4.69, 9.17) is 11.5 Å². The summed E-state index contributed by atoms with van der Waals surface area (Å²) in [6, 6.07) is 1.50. The average molecular weight is 124 g/mol. The molecule has 0 bridgehead atoms. The second-order valence-electron chi connectivity index (χ2n) is 1.37. The van der Waals surface area contributed by atoms with Crippen LogP contribution in [0.25, 0.3) is 0 Å². The van der Waals surface area contributed by atoms with E-state index in [2.05, 4.69) is 9.97 Å². The Balaban J connectivity index is 0.000000640. The summed E-state index contributed by atoms with van der Waals surface area (Å²) in [6.45, 7) is 0. The summed E-state index contributed by atoms with van der Waals surface area (Å²) in [4.78, 5) is 7.25. The molecule has 0 aliphatic heterocycles. The van der Waals surface area contributed by atoms with Crippen LogP contribution in [0.2, 0.25) is 0 Å². The monoisotopic (exact) mass is 124 g/mol. The van der Waals surface area contributed by atoms with E-state index >= 15 is 0 Å². The van der Waals surface area contributed by atoms with Gasteiger partial charge in [0.05, 0.1) is 0 Å². The molecule has 3 radical (unpaired) electrons. The molecule has 0 atom stereocenters. The SMILES string of the molecule is Nc1cc(N)ncn1.[N]. The fraction of sp³-hybridized carbons (Fsp3) is 0. The van der Waals surface area contributed by atoms with Crippen molar-refractivity contribution in [1.82, 2.24) is 16.1 Å². The first-order valence-electron chi connectivity index (χ1n) is 2.12. The molecule has 0 unspecified atom stereocenters. The van der Waals surface area contributed by atoms with Crippen LogP contribution in [0.4, 0.5) is 11.6 Å². The lowest BCUT2D eigenvalue weighted by Crippen LogP contribution is -1.94. The second kappa shape index (κ2) is 2.83. The molecule has 47 valence electrons. The Hall–Kier alpha value is -1.36. The first kappa shape index (κ1) is 7.64. The van der Waals surface area contributed by atoms with Crippen LogP contribution in [-0.4, -0.2) is 9.97 Å². The van der Waals surface area contributed by atoms with Crippen LogP contribution < -0.4 is 17.6 Å². The van der Waals surface area contributed by atoms with Crippen molar-refractivity contribution in [2.75, 3.05) is 11.5 Å². The summed E-state index contributed by atoms with van der Waals surface area (Å²) < 4.78 is 0. The van der Waals surface area contributed by atoms with Crippen molar-refractivity contribution in [2.45, 2.75) is 0 Å². The van der Waals surface area contributed by atoms with Gasteiger partial charge in [0.2, 0.25) is 0 Å². The van der Waals surface area contributed by atoms with Gasteiger partial charge in [-0.25, -0.2) is 9.97 Å². The normalized spacial score (nSPS) is 8.00. The molecule has 4 N–H and O–H groups in total. The van der Waals surface area contributed by atoms with Crippen molar-refractivity contribution in [3.63, 3.8) is 0 Å². The first-order valence-corrected chi connectivity index (χ1v) is 2.12. The summed E-state index contributed by atoms with van der Waals surface area (Å²) in [5.74, 6) is 0.801. The number of nitrogen functional groups attached to an aromatic ring is 2. The summed E-state index contributed by atoms with van der Waals surface area (Å²) in [6.07, 6.45) is 1.32. The van der Waals surface area contributed by atoms with Crippen LogP contribution in [0, 0.1) is 0 Å². The Morgan fingerprint density at radius 2 is 1.56 bits per heavy atom. The predicted octanol–water partition coefficient (Wildman–Crippen LogP) is -0.840. The molecule has 0 fully saturated rings. The van der Waals surface area contributed by atoms with Gasteiger partial charge < -0.3 is 11.5 Å². The van der Waals surface area contributed by atoms with E-state index in [1.54, 1.807) is 0 Å². The van der Waals surface area contributed by atoms with Gasteiger partial charge in [-0.2, -0.15) is 0 Å². The quantitative estimate of drug-likeness (QED) is 0.470. The molecule has 9 heavy (non-hydrogen) atoms. The zero-order valence-corrected chi connectivity index (χ0v) is 4.65. The average Bonchev–Trinajstić information content (AvgIpc) is 1.64. The van der Waals surface area contributed by atoms with E-state index in [-0.39, 0.29) is 6.15 Å².